The van der Waals surface area contributed by atoms with Gasteiger partial charge in [-0.25, -0.2) is 4.79 Å². The van der Waals surface area contributed by atoms with E-state index in [1.165, 1.54) is 24.2 Å². The van der Waals surface area contributed by atoms with E-state index in [1.54, 1.807) is 0 Å². The molecule has 0 radical (unpaired) electrons. The standard InChI is InChI=1S/C21H31N3O3/c1-13-4-2-3-5-21(13)19(26)24(20(27)22-21)12-18(25)23-11-16-7-14-6-15(8-16)10-17(23)9-14/h13-17H,2-12H2,1H3,(H,22,27). The summed E-state index contributed by atoms with van der Waals surface area (Å²) in [5.41, 5.74) is -0.772. The van der Waals surface area contributed by atoms with Crippen molar-refractivity contribution in [2.75, 3.05) is 13.1 Å². The number of imide groups is 1. The highest BCUT2D eigenvalue weighted by atomic mass is 16.2. The number of nitrogens with one attached hydrogen (secondary N) is 1. The zero-order valence-corrected chi connectivity index (χ0v) is 16.3. The Morgan fingerprint density at radius 3 is 2.48 bits per heavy atom. The molecule has 148 valence electrons. The highest BCUT2D eigenvalue weighted by Crippen LogP contribution is 2.47. The van der Waals surface area contributed by atoms with Gasteiger partial charge in [-0.15, -0.1) is 0 Å². The fourth-order valence-corrected chi connectivity index (χ4v) is 6.95. The van der Waals surface area contributed by atoms with Gasteiger partial charge in [-0.3, -0.25) is 14.5 Å². The van der Waals surface area contributed by atoms with Crippen LogP contribution in [0, 0.1) is 23.7 Å². The van der Waals surface area contributed by atoms with E-state index >= 15 is 0 Å². The van der Waals surface area contributed by atoms with E-state index in [1.807, 2.05) is 11.8 Å². The van der Waals surface area contributed by atoms with E-state index in [4.69, 9.17) is 0 Å². The lowest BCUT2D eigenvalue weighted by atomic mass is 9.68. The number of carbonyl (C=O) groups excluding carboxylic acids is 3. The van der Waals surface area contributed by atoms with Crippen LogP contribution in [0.4, 0.5) is 4.79 Å². The van der Waals surface area contributed by atoms with Crippen molar-refractivity contribution in [3.63, 3.8) is 0 Å². The molecule has 3 aliphatic heterocycles. The minimum Gasteiger partial charge on any atom is -0.338 e. The summed E-state index contributed by atoms with van der Waals surface area (Å²) >= 11 is 0. The molecule has 3 saturated carbocycles. The van der Waals surface area contributed by atoms with Crippen LogP contribution in [0.15, 0.2) is 0 Å². The van der Waals surface area contributed by atoms with Gasteiger partial charge in [0.25, 0.3) is 5.91 Å². The number of urea groups is 1. The Balaban J connectivity index is 1.32. The van der Waals surface area contributed by atoms with Crippen molar-refractivity contribution < 1.29 is 14.4 Å². The highest BCUT2D eigenvalue weighted by molar-refractivity contribution is 6.09. The number of amides is 4. The van der Waals surface area contributed by atoms with Crippen LogP contribution >= 0.6 is 0 Å². The first-order valence-electron chi connectivity index (χ1n) is 10.9. The molecule has 6 aliphatic rings. The van der Waals surface area contributed by atoms with E-state index in [9.17, 15) is 14.4 Å². The zero-order chi connectivity index (χ0) is 18.8. The first kappa shape index (κ1) is 17.5. The summed E-state index contributed by atoms with van der Waals surface area (Å²) in [5, 5.41) is 2.97. The number of hydrogen-bond donors (Lipinski definition) is 1. The molecule has 6 heteroatoms. The number of rotatable bonds is 2. The topological polar surface area (TPSA) is 69.7 Å². The lowest BCUT2D eigenvalue weighted by Crippen LogP contribution is -2.54. The van der Waals surface area contributed by atoms with E-state index < -0.39 is 5.54 Å². The molecule has 27 heavy (non-hydrogen) atoms. The van der Waals surface area contributed by atoms with Gasteiger partial charge in [-0.05, 0) is 68.6 Å². The molecule has 6 fully saturated rings. The Morgan fingerprint density at radius 2 is 1.78 bits per heavy atom. The average molecular weight is 373 g/mol. The molecule has 3 heterocycles. The van der Waals surface area contributed by atoms with Crippen molar-refractivity contribution in [3.8, 4) is 0 Å². The van der Waals surface area contributed by atoms with Crippen molar-refractivity contribution in [1.82, 2.24) is 15.1 Å². The fourth-order valence-electron chi connectivity index (χ4n) is 6.95. The van der Waals surface area contributed by atoms with Crippen LogP contribution in [0.3, 0.4) is 0 Å². The molecule has 0 aromatic heterocycles. The van der Waals surface area contributed by atoms with Gasteiger partial charge in [0.1, 0.15) is 12.1 Å². The maximum Gasteiger partial charge on any atom is 0.325 e. The normalized spacial score (nSPS) is 43.4. The summed E-state index contributed by atoms with van der Waals surface area (Å²) in [7, 11) is 0. The number of fused-ring (bicyclic) bond motifs is 1. The predicted octanol–water partition coefficient (Wildman–Crippen LogP) is 2.52. The molecule has 4 bridgehead atoms. The quantitative estimate of drug-likeness (QED) is 0.756. The molecule has 0 aromatic carbocycles. The molecular weight excluding hydrogens is 342 g/mol. The second kappa shape index (κ2) is 6.21. The highest BCUT2D eigenvalue weighted by Gasteiger charge is 2.55. The maximum absolute atomic E-state index is 13.2. The van der Waals surface area contributed by atoms with Gasteiger partial charge in [0.05, 0.1) is 0 Å². The molecule has 4 amide bonds. The second-order valence-electron chi connectivity index (χ2n) is 9.92. The zero-order valence-electron chi connectivity index (χ0n) is 16.3. The number of nitrogens with zero attached hydrogens (tertiary/aromatic N) is 2. The van der Waals surface area contributed by atoms with E-state index in [-0.39, 0.29) is 30.3 Å². The third kappa shape index (κ3) is 2.70. The first-order chi connectivity index (χ1) is 13.0. The number of hydrogen-bond acceptors (Lipinski definition) is 3. The molecule has 6 nitrogen and oxygen atoms in total. The number of carbonyl (C=O) groups is 3. The summed E-state index contributed by atoms with van der Waals surface area (Å²) < 4.78 is 0. The Hall–Kier alpha value is -1.59. The molecule has 3 saturated heterocycles. The van der Waals surface area contributed by atoms with Crippen LogP contribution in [0.25, 0.3) is 0 Å². The van der Waals surface area contributed by atoms with Crippen molar-refractivity contribution in [1.29, 1.82) is 0 Å². The molecule has 1 N–H and O–H groups in total. The van der Waals surface area contributed by atoms with E-state index in [0.29, 0.717) is 18.4 Å². The predicted molar refractivity (Wildman–Crippen MR) is 99.7 cm³/mol. The molecular formula is C21H31N3O3. The largest absolute Gasteiger partial charge is 0.338 e. The molecule has 6 rings (SSSR count). The molecule has 1 spiro atoms. The van der Waals surface area contributed by atoms with Crippen molar-refractivity contribution >= 4 is 17.8 Å². The van der Waals surface area contributed by atoms with Crippen LogP contribution in [-0.2, 0) is 9.59 Å². The van der Waals surface area contributed by atoms with Crippen molar-refractivity contribution in [2.24, 2.45) is 23.7 Å². The SMILES string of the molecule is CC1CCCCC12NC(=O)N(CC(=O)N1CC3CC4CC(C3)CC1C4)C2=O. The van der Waals surface area contributed by atoms with Gasteiger partial charge >= 0.3 is 6.03 Å². The van der Waals surface area contributed by atoms with Gasteiger partial charge in [-0.2, -0.15) is 0 Å². The fraction of sp³-hybridized carbons (Fsp3) is 0.857. The van der Waals surface area contributed by atoms with Crippen LogP contribution < -0.4 is 5.32 Å². The third-order valence-corrected chi connectivity index (χ3v) is 8.22. The summed E-state index contributed by atoms with van der Waals surface area (Å²) in [6.07, 6.45) is 9.76. The van der Waals surface area contributed by atoms with E-state index in [0.717, 1.165) is 50.5 Å². The molecule has 0 aromatic rings. The Bertz CT molecular complexity index is 666. The van der Waals surface area contributed by atoms with Gasteiger partial charge in [0.2, 0.25) is 5.91 Å². The molecule has 3 aliphatic carbocycles. The summed E-state index contributed by atoms with van der Waals surface area (Å²) in [5.74, 6) is 2.08. The summed E-state index contributed by atoms with van der Waals surface area (Å²) in [6, 6.07) is -0.0557. The van der Waals surface area contributed by atoms with Gasteiger partial charge in [0.15, 0.2) is 0 Å². The smallest absolute Gasteiger partial charge is 0.325 e. The Morgan fingerprint density at radius 1 is 1.07 bits per heavy atom. The molecule has 4 unspecified atom stereocenters. The van der Waals surface area contributed by atoms with Crippen LogP contribution in [0.5, 0.6) is 0 Å². The lowest BCUT2D eigenvalue weighted by Gasteiger charge is -2.39. The van der Waals surface area contributed by atoms with Crippen LogP contribution in [-0.4, -0.2) is 52.3 Å². The second-order valence-corrected chi connectivity index (χ2v) is 9.92. The van der Waals surface area contributed by atoms with Gasteiger partial charge in [0, 0.05) is 12.6 Å². The van der Waals surface area contributed by atoms with Crippen molar-refractivity contribution in [2.45, 2.75) is 76.3 Å². The monoisotopic (exact) mass is 373 g/mol. The lowest BCUT2D eigenvalue weighted by molar-refractivity contribution is -0.142. The minimum absolute atomic E-state index is 0.0304. The molecule has 4 atom stereocenters. The third-order valence-electron chi connectivity index (χ3n) is 8.22. The van der Waals surface area contributed by atoms with Gasteiger partial charge < -0.3 is 10.2 Å². The van der Waals surface area contributed by atoms with Crippen LogP contribution in [0.2, 0.25) is 0 Å². The van der Waals surface area contributed by atoms with Crippen LogP contribution in [0.1, 0.15) is 64.7 Å². The summed E-state index contributed by atoms with van der Waals surface area (Å²) in [6.45, 7) is 2.78. The van der Waals surface area contributed by atoms with Crippen molar-refractivity contribution in [3.05, 3.63) is 0 Å². The minimum atomic E-state index is -0.772. The first-order valence-corrected chi connectivity index (χ1v) is 10.9. The van der Waals surface area contributed by atoms with E-state index in [2.05, 4.69) is 5.32 Å². The maximum atomic E-state index is 13.2. The Labute approximate surface area is 161 Å². The average Bonchev–Trinajstić information content (AvgIpc) is 2.73. The Kier molecular flexibility index (Phi) is 4.03. The van der Waals surface area contributed by atoms with Gasteiger partial charge in [-0.1, -0.05) is 19.8 Å². The summed E-state index contributed by atoms with van der Waals surface area (Å²) in [4.78, 5) is 42.2.